The highest BCUT2D eigenvalue weighted by atomic mass is 32.2. The van der Waals surface area contributed by atoms with Crippen LogP contribution in [0.4, 0.5) is 0 Å². The maximum atomic E-state index is 9.88. The molecule has 3 N–H and O–H groups in total. The van der Waals surface area contributed by atoms with Gasteiger partial charge < -0.3 is 15.4 Å². The number of nitrogens with zero attached hydrogens (tertiary/aromatic N) is 3. The number of aliphatic hydroxyl groups is 1. The fourth-order valence-electron chi connectivity index (χ4n) is 2.56. The first-order valence-electron chi connectivity index (χ1n) is 8.11. The maximum Gasteiger partial charge on any atom is 0.191 e. The molecule has 2 fully saturated rings. The Bertz CT molecular complexity index is 480. The molecule has 1 atom stereocenters. The van der Waals surface area contributed by atoms with Crippen molar-refractivity contribution in [3.63, 3.8) is 0 Å². The summed E-state index contributed by atoms with van der Waals surface area (Å²) in [5, 5.41) is 19.8. The smallest absolute Gasteiger partial charge is 0.191 e. The minimum atomic E-state index is -0.710. The molecule has 3 rings (SSSR count). The molecule has 1 heterocycles. The second kappa shape index (κ2) is 6.26. The van der Waals surface area contributed by atoms with Crippen molar-refractivity contribution < 1.29 is 5.11 Å². The van der Waals surface area contributed by atoms with Gasteiger partial charge in [0.2, 0.25) is 0 Å². The quantitative estimate of drug-likeness (QED) is 0.541. The topological polar surface area (TPSA) is 77.0 Å². The van der Waals surface area contributed by atoms with Crippen molar-refractivity contribution in [2.45, 2.75) is 74.6 Å². The van der Waals surface area contributed by atoms with E-state index in [4.69, 9.17) is 5.73 Å². The van der Waals surface area contributed by atoms with Crippen LogP contribution >= 0.6 is 11.8 Å². The number of rotatable bonds is 9. The lowest BCUT2D eigenvalue weighted by Gasteiger charge is -2.20. The number of hydrogen-bond donors (Lipinski definition) is 2. The van der Waals surface area contributed by atoms with Crippen molar-refractivity contribution in [3.8, 4) is 0 Å². The van der Waals surface area contributed by atoms with Gasteiger partial charge in [0.15, 0.2) is 5.16 Å². The van der Waals surface area contributed by atoms with E-state index in [1.54, 1.807) is 0 Å². The zero-order valence-corrected chi connectivity index (χ0v) is 13.6. The molecule has 0 aliphatic heterocycles. The van der Waals surface area contributed by atoms with Gasteiger partial charge in [-0.15, -0.1) is 10.2 Å². The molecule has 6 heteroatoms. The summed E-state index contributed by atoms with van der Waals surface area (Å²) in [5.74, 6) is 2.94. The molecule has 2 aliphatic rings. The van der Waals surface area contributed by atoms with Crippen LogP contribution in [0.15, 0.2) is 5.16 Å². The van der Waals surface area contributed by atoms with Crippen LogP contribution in [0.3, 0.4) is 0 Å². The molecular formula is C15H26N4OS. The molecule has 2 aliphatic carbocycles. The summed E-state index contributed by atoms with van der Waals surface area (Å²) in [5.41, 5.74) is 4.82. The second-order valence-electron chi connectivity index (χ2n) is 6.72. The summed E-state index contributed by atoms with van der Waals surface area (Å²) < 4.78 is 2.40. The third-order valence-corrected chi connectivity index (χ3v) is 5.36. The molecule has 0 radical (unpaired) electrons. The average Bonchev–Trinajstić information content (AvgIpc) is 3.37. The number of hydrogen-bond acceptors (Lipinski definition) is 5. The highest BCUT2D eigenvalue weighted by Crippen LogP contribution is 2.46. The third kappa shape index (κ3) is 3.99. The van der Waals surface area contributed by atoms with E-state index in [9.17, 15) is 5.11 Å². The van der Waals surface area contributed by atoms with E-state index in [-0.39, 0.29) is 0 Å². The Balaban J connectivity index is 1.47. The molecule has 0 bridgehead atoms. The maximum absolute atomic E-state index is 9.88. The number of nitrogens with two attached hydrogens (primary N) is 1. The van der Waals surface area contributed by atoms with Crippen LogP contribution in [-0.4, -0.2) is 37.8 Å². The van der Waals surface area contributed by atoms with E-state index in [0.29, 0.717) is 18.5 Å². The number of thioether (sulfide) groups is 1. The Hall–Kier alpha value is -0.590. The van der Waals surface area contributed by atoms with Crippen LogP contribution < -0.4 is 5.73 Å². The molecule has 1 unspecified atom stereocenters. The van der Waals surface area contributed by atoms with E-state index in [2.05, 4.69) is 14.8 Å². The van der Waals surface area contributed by atoms with Crippen LogP contribution in [0, 0.1) is 0 Å². The first kappa shape index (κ1) is 15.3. The van der Waals surface area contributed by atoms with Gasteiger partial charge in [-0.25, -0.2) is 0 Å². The van der Waals surface area contributed by atoms with Gasteiger partial charge in [0.05, 0.1) is 5.60 Å². The molecule has 1 aromatic heterocycles. The Labute approximate surface area is 130 Å². The zero-order chi connectivity index (χ0) is 14.9. The molecule has 0 saturated heterocycles. The first-order valence-corrected chi connectivity index (χ1v) is 9.09. The minimum Gasteiger partial charge on any atom is -0.389 e. The Morgan fingerprint density at radius 3 is 2.67 bits per heavy atom. The van der Waals surface area contributed by atoms with Crippen LogP contribution in [0.2, 0.25) is 0 Å². The highest BCUT2D eigenvalue weighted by molar-refractivity contribution is 7.99. The fraction of sp³-hybridized carbons (Fsp3) is 0.867. The van der Waals surface area contributed by atoms with Gasteiger partial charge in [-0.3, -0.25) is 0 Å². The normalized spacial score (nSPS) is 21.5. The lowest BCUT2D eigenvalue weighted by atomic mass is 10.00. The molecule has 0 aromatic carbocycles. The fourth-order valence-corrected chi connectivity index (χ4v) is 3.57. The molecule has 118 valence electrons. The van der Waals surface area contributed by atoms with E-state index in [1.165, 1.54) is 31.5 Å². The largest absolute Gasteiger partial charge is 0.389 e. The second-order valence-corrected chi connectivity index (χ2v) is 7.78. The molecule has 21 heavy (non-hydrogen) atoms. The summed E-state index contributed by atoms with van der Waals surface area (Å²) in [6.45, 7) is 2.15. The lowest BCUT2D eigenvalue weighted by Crippen LogP contribution is -2.33. The monoisotopic (exact) mass is 310 g/mol. The van der Waals surface area contributed by atoms with Crippen molar-refractivity contribution >= 4 is 11.8 Å². The minimum absolute atomic E-state index is 0.334. The van der Waals surface area contributed by atoms with Gasteiger partial charge in [-0.05, 0) is 51.9 Å². The molecule has 0 spiro atoms. The van der Waals surface area contributed by atoms with Crippen molar-refractivity contribution in [1.82, 2.24) is 14.8 Å². The van der Waals surface area contributed by atoms with Crippen LogP contribution in [0.1, 0.15) is 69.7 Å². The van der Waals surface area contributed by atoms with Crippen LogP contribution in [-0.2, 0) is 0 Å². The van der Waals surface area contributed by atoms with Gasteiger partial charge in [0, 0.05) is 24.3 Å². The van der Waals surface area contributed by atoms with Gasteiger partial charge in [0.25, 0.3) is 0 Å². The SMILES string of the molecule is CC(O)(CN)CCCCSc1nnc(C2CC2)n1C1CC1. The van der Waals surface area contributed by atoms with Crippen molar-refractivity contribution in [1.29, 1.82) is 0 Å². The molecule has 2 saturated carbocycles. The number of aromatic nitrogens is 3. The predicted octanol–water partition coefficient (Wildman–Crippen LogP) is 2.46. The van der Waals surface area contributed by atoms with Crippen molar-refractivity contribution in [3.05, 3.63) is 5.82 Å². The van der Waals surface area contributed by atoms with E-state index in [1.807, 2.05) is 18.7 Å². The van der Waals surface area contributed by atoms with Crippen LogP contribution in [0.5, 0.6) is 0 Å². The van der Waals surface area contributed by atoms with Crippen molar-refractivity contribution in [2.24, 2.45) is 5.73 Å². The van der Waals surface area contributed by atoms with E-state index in [0.717, 1.165) is 30.2 Å². The summed E-state index contributed by atoms with van der Waals surface area (Å²) in [6, 6.07) is 0.663. The van der Waals surface area contributed by atoms with Gasteiger partial charge in [-0.1, -0.05) is 11.8 Å². The zero-order valence-electron chi connectivity index (χ0n) is 12.8. The molecule has 1 aromatic rings. The number of unbranched alkanes of at least 4 members (excludes halogenated alkanes) is 1. The summed E-state index contributed by atoms with van der Waals surface area (Å²) in [4.78, 5) is 0. The highest BCUT2D eigenvalue weighted by Gasteiger charge is 2.36. The standard InChI is InChI=1S/C15H26N4OS/c1-15(20,10-16)8-2-3-9-21-14-18-17-13(11-4-5-11)19(14)12-6-7-12/h11-12,20H,2-10,16H2,1H3. The summed E-state index contributed by atoms with van der Waals surface area (Å²) in [6.07, 6.45) is 7.98. The van der Waals surface area contributed by atoms with Gasteiger partial charge in [-0.2, -0.15) is 0 Å². The first-order chi connectivity index (χ1) is 10.1. The van der Waals surface area contributed by atoms with Crippen molar-refractivity contribution in [2.75, 3.05) is 12.3 Å². The van der Waals surface area contributed by atoms with Gasteiger partial charge in [0.1, 0.15) is 5.82 Å². The summed E-state index contributed by atoms with van der Waals surface area (Å²) >= 11 is 1.82. The summed E-state index contributed by atoms with van der Waals surface area (Å²) in [7, 11) is 0. The molecule has 5 nitrogen and oxygen atoms in total. The Kier molecular flexibility index (Phi) is 4.57. The van der Waals surface area contributed by atoms with Gasteiger partial charge >= 0.3 is 0 Å². The third-order valence-electron chi connectivity index (χ3n) is 4.33. The average molecular weight is 310 g/mol. The predicted molar refractivity (Wildman–Crippen MR) is 84.5 cm³/mol. The lowest BCUT2D eigenvalue weighted by molar-refractivity contribution is 0.0577. The van der Waals surface area contributed by atoms with Crippen LogP contribution in [0.25, 0.3) is 0 Å². The Morgan fingerprint density at radius 2 is 2.05 bits per heavy atom. The molecule has 0 amide bonds. The van der Waals surface area contributed by atoms with E-state index >= 15 is 0 Å². The molecular weight excluding hydrogens is 284 g/mol. The Morgan fingerprint density at radius 1 is 1.29 bits per heavy atom. The van der Waals surface area contributed by atoms with E-state index < -0.39 is 5.60 Å².